The van der Waals surface area contributed by atoms with Crippen LogP contribution in [0.4, 0.5) is 0 Å². The third-order valence-corrected chi connectivity index (χ3v) is 5.02. The molecule has 3 heteroatoms. The predicted octanol–water partition coefficient (Wildman–Crippen LogP) is 4.85. The van der Waals surface area contributed by atoms with Crippen LogP contribution in [0.15, 0.2) is 42.6 Å². The van der Waals surface area contributed by atoms with Crippen molar-refractivity contribution in [3.8, 4) is 0 Å². The molecule has 0 aliphatic rings. The molecule has 1 heterocycles. The summed E-state index contributed by atoms with van der Waals surface area (Å²) in [5.41, 5.74) is 4.02. The zero-order valence-electron chi connectivity index (χ0n) is 17.0. The standard InChI is InChI=1S/C23H36N2O/c1-5-9-23(26)18-24(15-13-19(2)3)17-22-12-8-14-25(22)16-21-11-7-6-10-20(21)4/h6-8,10-12,14,19,23,26H,5,9,13,15-18H2,1-4H3/t23-/m1/s1. The van der Waals surface area contributed by atoms with E-state index in [2.05, 4.69) is 79.8 Å². The van der Waals surface area contributed by atoms with E-state index >= 15 is 0 Å². The van der Waals surface area contributed by atoms with Crippen molar-refractivity contribution in [2.45, 2.75) is 66.2 Å². The second-order valence-corrected chi connectivity index (χ2v) is 7.91. The van der Waals surface area contributed by atoms with Crippen molar-refractivity contribution in [1.82, 2.24) is 9.47 Å². The van der Waals surface area contributed by atoms with E-state index in [1.807, 2.05) is 0 Å². The van der Waals surface area contributed by atoms with Crippen LogP contribution < -0.4 is 0 Å². The molecule has 2 rings (SSSR count). The largest absolute Gasteiger partial charge is 0.392 e. The van der Waals surface area contributed by atoms with E-state index in [4.69, 9.17) is 0 Å². The molecule has 0 fully saturated rings. The minimum atomic E-state index is -0.230. The van der Waals surface area contributed by atoms with Gasteiger partial charge in [-0.1, -0.05) is 51.5 Å². The number of aromatic nitrogens is 1. The van der Waals surface area contributed by atoms with E-state index in [1.165, 1.54) is 16.8 Å². The number of aliphatic hydroxyl groups is 1. The Morgan fingerprint density at radius 2 is 1.85 bits per heavy atom. The van der Waals surface area contributed by atoms with Crippen molar-refractivity contribution in [2.24, 2.45) is 5.92 Å². The van der Waals surface area contributed by atoms with Crippen molar-refractivity contribution < 1.29 is 5.11 Å². The summed E-state index contributed by atoms with van der Waals surface area (Å²) >= 11 is 0. The smallest absolute Gasteiger partial charge is 0.0667 e. The van der Waals surface area contributed by atoms with Crippen LogP contribution in [0, 0.1) is 12.8 Å². The minimum absolute atomic E-state index is 0.230. The minimum Gasteiger partial charge on any atom is -0.392 e. The lowest BCUT2D eigenvalue weighted by atomic mass is 10.1. The Morgan fingerprint density at radius 3 is 2.54 bits per heavy atom. The van der Waals surface area contributed by atoms with Crippen LogP contribution in [-0.2, 0) is 13.1 Å². The van der Waals surface area contributed by atoms with Crippen molar-refractivity contribution >= 4 is 0 Å². The number of rotatable bonds is 11. The van der Waals surface area contributed by atoms with Crippen LogP contribution in [0.1, 0.15) is 56.9 Å². The van der Waals surface area contributed by atoms with Gasteiger partial charge in [-0.2, -0.15) is 0 Å². The third-order valence-electron chi connectivity index (χ3n) is 5.02. The molecule has 3 nitrogen and oxygen atoms in total. The van der Waals surface area contributed by atoms with E-state index in [0.717, 1.165) is 45.4 Å². The quantitative estimate of drug-likeness (QED) is 0.623. The molecule has 0 radical (unpaired) electrons. The zero-order chi connectivity index (χ0) is 18.9. The topological polar surface area (TPSA) is 28.4 Å². The van der Waals surface area contributed by atoms with Crippen LogP contribution in [0.25, 0.3) is 0 Å². The average Bonchev–Trinajstić information content (AvgIpc) is 3.02. The molecule has 0 saturated heterocycles. The lowest BCUT2D eigenvalue weighted by Crippen LogP contribution is -2.34. The lowest BCUT2D eigenvalue weighted by Gasteiger charge is -2.26. The van der Waals surface area contributed by atoms with E-state index in [-0.39, 0.29) is 6.10 Å². The summed E-state index contributed by atoms with van der Waals surface area (Å²) in [6.45, 7) is 12.4. The van der Waals surface area contributed by atoms with E-state index < -0.39 is 0 Å². The number of aryl methyl sites for hydroxylation is 1. The Balaban J connectivity index is 2.07. The van der Waals surface area contributed by atoms with Gasteiger partial charge in [-0.05, 0) is 55.5 Å². The molecule has 2 aromatic rings. The molecule has 1 N–H and O–H groups in total. The van der Waals surface area contributed by atoms with Gasteiger partial charge >= 0.3 is 0 Å². The van der Waals surface area contributed by atoms with Crippen LogP contribution >= 0.6 is 0 Å². The fraction of sp³-hybridized carbons (Fsp3) is 0.565. The molecule has 0 aliphatic carbocycles. The maximum atomic E-state index is 10.3. The first-order valence-corrected chi connectivity index (χ1v) is 10.1. The van der Waals surface area contributed by atoms with Gasteiger partial charge in [0.1, 0.15) is 0 Å². The molecule has 0 saturated carbocycles. The number of aliphatic hydroxyl groups excluding tert-OH is 1. The fourth-order valence-electron chi connectivity index (χ4n) is 3.35. The van der Waals surface area contributed by atoms with Crippen molar-refractivity contribution in [1.29, 1.82) is 0 Å². The monoisotopic (exact) mass is 356 g/mol. The van der Waals surface area contributed by atoms with Crippen molar-refractivity contribution in [3.05, 3.63) is 59.4 Å². The summed E-state index contributed by atoms with van der Waals surface area (Å²) in [5, 5.41) is 10.3. The number of nitrogens with zero attached hydrogens (tertiary/aromatic N) is 2. The maximum absolute atomic E-state index is 10.3. The highest BCUT2D eigenvalue weighted by Gasteiger charge is 2.14. The van der Waals surface area contributed by atoms with Gasteiger partial charge in [0.15, 0.2) is 0 Å². The van der Waals surface area contributed by atoms with Crippen LogP contribution in [0.3, 0.4) is 0 Å². The second-order valence-electron chi connectivity index (χ2n) is 7.91. The van der Waals surface area contributed by atoms with Crippen molar-refractivity contribution in [3.63, 3.8) is 0 Å². The Morgan fingerprint density at radius 1 is 1.08 bits per heavy atom. The summed E-state index contributed by atoms with van der Waals surface area (Å²) in [5.74, 6) is 0.680. The average molecular weight is 357 g/mol. The summed E-state index contributed by atoms with van der Waals surface area (Å²) in [6.07, 6.45) is 5.01. The highest BCUT2D eigenvalue weighted by Crippen LogP contribution is 2.15. The van der Waals surface area contributed by atoms with Gasteiger partial charge < -0.3 is 9.67 Å². The zero-order valence-corrected chi connectivity index (χ0v) is 17.0. The molecule has 0 spiro atoms. The van der Waals surface area contributed by atoms with Crippen LogP contribution in [0.5, 0.6) is 0 Å². The Hall–Kier alpha value is -1.58. The van der Waals surface area contributed by atoms with Gasteiger partial charge in [-0.3, -0.25) is 4.90 Å². The first kappa shape index (κ1) is 20.7. The molecule has 1 aromatic carbocycles. The maximum Gasteiger partial charge on any atom is 0.0667 e. The first-order chi connectivity index (χ1) is 12.5. The molecule has 144 valence electrons. The predicted molar refractivity (Wildman–Crippen MR) is 110 cm³/mol. The molecule has 1 atom stereocenters. The molecular formula is C23H36N2O. The third kappa shape index (κ3) is 6.62. The summed E-state index contributed by atoms with van der Waals surface area (Å²) in [7, 11) is 0. The molecule has 0 bridgehead atoms. The Kier molecular flexibility index (Phi) is 8.40. The number of benzene rings is 1. The van der Waals surface area contributed by atoms with E-state index in [1.54, 1.807) is 0 Å². The van der Waals surface area contributed by atoms with Gasteiger partial charge in [-0.25, -0.2) is 0 Å². The molecule has 26 heavy (non-hydrogen) atoms. The number of hydrogen-bond donors (Lipinski definition) is 1. The van der Waals surface area contributed by atoms with Gasteiger partial charge in [0.05, 0.1) is 6.10 Å². The summed E-state index contributed by atoms with van der Waals surface area (Å²) in [6, 6.07) is 12.9. The molecule has 0 aliphatic heterocycles. The van der Waals surface area contributed by atoms with E-state index in [9.17, 15) is 5.11 Å². The molecule has 1 aromatic heterocycles. The SMILES string of the molecule is CCC[C@@H](O)CN(CCC(C)C)Cc1cccn1Cc1ccccc1C. The summed E-state index contributed by atoms with van der Waals surface area (Å²) in [4.78, 5) is 2.42. The molecule has 0 unspecified atom stereocenters. The van der Waals surface area contributed by atoms with Crippen LogP contribution in [-0.4, -0.2) is 33.8 Å². The normalized spacial score (nSPS) is 12.9. The van der Waals surface area contributed by atoms with Crippen molar-refractivity contribution in [2.75, 3.05) is 13.1 Å². The fourth-order valence-corrected chi connectivity index (χ4v) is 3.35. The van der Waals surface area contributed by atoms with Gasteiger partial charge in [-0.15, -0.1) is 0 Å². The molecule has 0 amide bonds. The number of hydrogen-bond acceptors (Lipinski definition) is 2. The summed E-state index contributed by atoms with van der Waals surface area (Å²) < 4.78 is 2.34. The van der Waals surface area contributed by atoms with Gasteiger partial charge in [0.25, 0.3) is 0 Å². The highest BCUT2D eigenvalue weighted by atomic mass is 16.3. The van der Waals surface area contributed by atoms with Crippen LogP contribution in [0.2, 0.25) is 0 Å². The molecular weight excluding hydrogens is 320 g/mol. The van der Waals surface area contributed by atoms with Gasteiger partial charge in [0, 0.05) is 31.5 Å². The Bertz CT molecular complexity index is 647. The second kappa shape index (κ2) is 10.5. The lowest BCUT2D eigenvalue weighted by molar-refractivity contribution is 0.0969. The highest BCUT2D eigenvalue weighted by molar-refractivity contribution is 5.26. The Labute approximate surface area is 159 Å². The van der Waals surface area contributed by atoms with E-state index in [0.29, 0.717) is 5.92 Å². The first-order valence-electron chi connectivity index (χ1n) is 10.1. The van der Waals surface area contributed by atoms with Gasteiger partial charge in [0.2, 0.25) is 0 Å².